The van der Waals surface area contributed by atoms with E-state index < -0.39 is 0 Å². The number of rotatable bonds is 0. The molecule has 0 aliphatic carbocycles. The topological polar surface area (TPSA) is 22.0 Å². The molecule has 10 heavy (non-hydrogen) atoms. The molecule has 54 valence electrons. The highest BCUT2D eigenvalue weighted by atomic mass is 79.9. The van der Waals surface area contributed by atoms with Gasteiger partial charge in [-0.2, -0.15) is 0 Å². The Hall–Kier alpha value is -0.570. The van der Waals surface area contributed by atoms with Crippen LogP contribution in [0.3, 0.4) is 0 Å². The maximum Gasteiger partial charge on any atom is 0.263 e. The van der Waals surface area contributed by atoms with Gasteiger partial charge in [0.1, 0.15) is 0 Å². The Bertz CT molecular complexity index is 303. The van der Waals surface area contributed by atoms with Crippen molar-refractivity contribution < 1.29 is 0 Å². The minimum Gasteiger partial charge on any atom is -0.268 e. The highest BCUT2D eigenvalue weighted by molar-refractivity contribution is 9.08. The first-order valence-electron chi connectivity index (χ1n) is 2.98. The molecule has 3 heteroatoms. The third-order valence-corrected chi connectivity index (χ3v) is 2.12. The molecule has 1 aromatic heterocycles. The van der Waals surface area contributed by atoms with Crippen molar-refractivity contribution >= 4 is 16.1 Å². The van der Waals surface area contributed by atoms with Crippen LogP contribution in [0.4, 0.5) is 0 Å². The van der Waals surface area contributed by atoms with E-state index in [2.05, 4.69) is 16.1 Å². The molecule has 1 rings (SSSR count). The molecule has 0 aliphatic heterocycles. The van der Waals surface area contributed by atoms with Crippen molar-refractivity contribution in [2.24, 2.45) is 0 Å². The zero-order valence-corrected chi connectivity index (χ0v) is 7.47. The lowest BCUT2D eigenvalue weighted by Crippen LogP contribution is -2.15. The SMILES string of the molecule is Cc1ccn(Br)c(=O)c1C. The monoisotopic (exact) mass is 201 g/mol. The number of aromatic nitrogens is 1. The van der Waals surface area contributed by atoms with Crippen LogP contribution in [0.2, 0.25) is 0 Å². The van der Waals surface area contributed by atoms with E-state index in [1.807, 2.05) is 19.9 Å². The van der Waals surface area contributed by atoms with Crippen LogP contribution >= 0.6 is 16.1 Å². The number of pyridine rings is 1. The predicted octanol–water partition coefficient (Wildman–Crippen LogP) is 1.62. The second-order valence-electron chi connectivity index (χ2n) is 2.24. The van der Waals surface area contributed by atoms with Gasteiger partial charge in [0.05, 0.1) is 16.1 Å². The smallest absolute Gasteiger partial charge is 0.263 e. The van der Waals surface area contributed by atoms with Crippen LogP contribution in [-0.2, 0) is 0 Å². The van der Waals surface area contributed by atoms with Gasteiger partial charge >= 0.3 is 0 Å². The van der Waals surface area contributed by atoms with Gasteiger partial charge in [-0.15, -0.1) is 0 Å². The van der Waals surface area contributed by atoms with Crippen molar-refractivity contribution in [3.05, 3.63) is 33.7 Å². The van der Waals surface area contributed by atoms with Crippen LogP contribution in [0.15, 0.2) is 17.1 Å². The molecule has 0 fully saturated rings. The lowest BCUT2D eigenvalue weighted by Gasteiger charge is -1.98. The van der Waals surface area contributed by atoms with Gasteiger partial charge in [0.15, 0.2) is 0 Å². The van der Waals surface area contributed by atoms with Crippen LogP contribution in [0.1, 0.15) is 11.1 Å². The molecule has 0 unspecified atom stereocenters. The van der Waals surface area contributed by atoms with Gasteiger partial charge in [0.2, 0.25) is 0 Å². The fourth-order valence-electron chi connectivity index (χ4n) is 0.699. The van der Waals surface area contributed by atoms with Gasteiger partial charge < -0.3 is 0 Å². The molecule has 0 bridgehead atoms. The Balaban J connectivity index is 3.50. The predicted molar refractivity (Wildman–Crippen MR) is 44.5 cm³/mol. The van der Waals surface area contributed by atoms with Crippen molar-refractivity contribution in [3.8, 4) is 0 Å². The van der Waals surface area contributed by atoms with Crippen LogP contribution < -0.4 is 5.56 Å². The van der Waals surface area contributed by atoms with E-state index in [4.69, 9.17) is 0 Å². The van der Waals surface area contributed by atoms with Gasteiger partial charge in [-0.3, -0.25) is 4.79 Å². The van der Waals surface area contributed by atoms with Gasteiger partial charge in [0.25, 0.3) is 5.56 Å². The van der Waals surface area contributed by atoms with Crippen LogP contribution in [0.25, 0.3) is 0 Å². The van der Waals surface area contributed by atoms with Crippen molar-refractivity contribution in [3.63, 3.8) is 0 Å². The first kappa shape index (κ1) is 7.54. The van der Waals surface area contributed by atoms with Gasteiger partial charge in [-0.1, -0.05) is 0 Å². The summed E-state index contributed by atoms with van der Waals surface area (Å²) in [5.41, 5.74) is 1.83. The number of aryl methyl sites for hydroxylation is 1. The van der Waals surface area contributed by atoms with E-state index >= 15 is 0 Å². The standard InChI is InChI=1S/C7H8BrNO/c1-5-3-4-9(8)7(10)6(5)2/h3-4H,1-2H3. The van der Waals surface area contributed by atoms with Crippen LogP contribution in [0, 0.1) is 13.8 Å². The van der Waals surface area contributed by atoms with E-state index in [0.717, 1.165) is 11.1 Å². The molecule has 1 heterocycles. The minimum atomic E-state index is 0.0139. The summed E-state index contributed by atoms with van der Waals surface area (Å²) in [5, 5.41) is 0. The zero-order valence-electron chi connectivity index (χ0n) is 5.89. The summed E-state index contributed by atoms with van der Waals surface area (Å²) in [6.45, 7) is 3.74. The molecule has 1 aromatic rings. The Morgan fingerprint density at radius 3 is 2.60 bits per heavy atom. The molecule has 0 radical (unpaired) electrons. The van der Waals surface area contributed by atoms with E-state index in [9.17, 15) is 4.79 Å². The second-order valence-corrected chi connectivity index (χ2v) is 3.00. The van der Waals surface area contributed by atoms with E-state index in [-0.39, 0.29) is 5.56 Å². The zero-order chi connectivity index (χ0) is 7.72. The largest absolute Gasteiger partial charge is 0.268 e. The van der Waals surface area contributed by atoms with Crippen molar-refractivity contribution in [2.45, 2.75) is 13.8 Å². The summed E-state index contributed by atoms with van der Waals surface area (Å²) >= 11 is 3.08. The molecule has 0 amide bonds. The third-order valence-electron chi connectivity index (χ3n) is 1.56. The maximum absolute atomic E-state index is 11.1. The normalized spacial score (nSPS) is 9.90. The lowest BCUT2D eigenvalue weighted by atomic mass is 10.2. The van der Waals surface area contributed by atoms with Crippen molar-refractivity contribution in [1.82, 2.24) is 3.59 Å². The van der Waals surface area contributed by atoms with E-state index in [0.29, 0.717) is 0 Å². The number of halogens is 1. The molecule has 0 atom stereocenters. The summed E-state index contributed by atoms with van der Waals surface area (Å²) in [6.07, 6.45) is 1.70. The van der Waals surface area contributed by atoms with Gasteiger partial charge in [-0.05, 0) is 25.5 Å². The summed E-state index contributed by atoms with van der Waals surface area (Å²) in [6, 6.07) is 1.89. The highest BCUT2D eigenvalue weighted by Gasteiger charge is 1.98. The number of hydrogen-bond acceptors (Lipinski definition) is 1. The molecule has 0 saturated carbocycles. The molecule has 0 N–H and O–H groups in total. The molecule has 0 aromatic carbocycles. The molecular weight excluding hydrogens is 194 g/mol. The average Bonchev–Trinajstić information content (AvgIpc) is 1.93. The molecule has 0 aliphatic rings. The van der Waals surface area contributed by atoms with Crippen molar-refractivity contribution in [2.75, 3.05) is 0 Å². The first-order chi connectivity index (χ1) is 4.63. The molecule has 2 nitrogen and oxygen atoms in total. The second kappa shape index (κ2) is 2.58. The fraction of sp³-hybridized carbons (Fsp3) is 0.286. The summed E-state index contributed by atoms with van der Waals surface area (Å²) in [7, 11) is 0. The summed E-state index contributed by atoms with van der Waals surface area (Å²) < 4.78 is 1.40. The first-order valence-corrected chi connectivity index (χ1v) is 3.69. The van der Waals surface area contributed by atoms with E-state index in [1.165, 1.54) is 3.59 Å². The lowest BCUT2D eigenvalue weighted by molar-refractivity contribution is 1.10. The fourth-order valence-corrected chi connectivity index (χ4v) is 1.08. The highest BCUT2D eigenvalue weighted by Crippen LogP contribution is 2.00. The van der Waals surface area contributed by atoms with E-state index in [1.54, 1.807) is 6.20 Å². The third kappa shape index (κ3) is 1.14. The molecular formula is C7H8BrNO. The maximum atomic E-state index is 11.1. The quantitative estimate of drug-likeness (QED) is 0.626. The van der Waals surface area contributed by atoms with Crippen LogP contribution in [0.5, 0.6) is 0 Å². The van der Waals surface area contributed by atoms with Crippen molar-refractivity contribution in [1.29, 1.82) is 0 Å². The Morgan fingerprint density at radius 1 is 1.50 bits per heavy atom. The summed E-state index contributed by atoms with van der Waals surface area (Å²) in [4.78, 5) is 11.1. The minimum absolute atomic E-state index is 0.0139. The summed E-state index contributed by atoms with van der Waals surface area (Å²) in [5.74, 6) is 0. The Labute approximate surface area is 67.8 Å². The number of hydrogen-bond donors (Lipinski definition) is 0. The molecule has 0 saturated heterocycles. The Morgan fingerprint density at radius 2 is 2.10 bits per heavy atom. The average molecular weight is 202 g/mol. The molecule has 0 spiro atoms. The Kier molecular flexibility index (Phi) is 1.94. The van der Waals surface area contributed by atoms with Gasteiger partial charge in [0, 0.05) is 11.8 Å². The number of nitrogens with zero attached hydrogens (tertiary/aromatic N) is 1. The van der Waals surface area contributed by atoms with Crippen LogP contribution in [-0.4, -0.2) is 3.59 Å². The van der Waals surface area contributed by atoms with Gasteiger partial charge in [-0.25, -0.2) is 3.59 Å².